The van der Waals surface area contributed by atoms with Gasteiger partial charge in [0, 0.05) is 61.6 Å². The highest BCUT2D eigenvalue weighted by Gasteiger charge is 2.33. The molecule has 3 unspecified atom stereocenters. The number of hydrogen-bond acceptors (Lipinski definition) is 8. The Morgan fingerprint density at radius 1 is 1.17 bits per heavy atom. The molecule has 6 rings (SSSR count). The predicted molar refractivity (Wildman–Crippen MR) is 184 cm³/mol. The minimum Gasteiger partial charge on any atom is -0.487 e. The first-order valence-corrected chi connectivity index (χ1v) is 18.9. The Balaban J connectivity index is 1.07. The van der Waals surface area contributed by atoms with Crippen molar-refractivity contribution in [1.29, 1.82) is 5.26 Å². The van der Waals surface area contributed by atoms with Gasteiger partial charge in [-0.1, -0.05) is 0 Å². The first-order valence-electron chi connectivity index (χ1n) is 16.7. The zero-order chi connectivity index (χ0) is 33.6. The molecule has 13 heteroatoms. The fourth-order valence-corrected chi connectivity index (χ4v) is 7.14. The third-order valence-corrected chi connectivity index (χ3v) is 10.3. The minimum absolute atomic E-state index is 0.161. The minimum atomic E-state index is -1.26. The van der Waals surface area contributed by atoms with Crippen molar-refractivity contribution in [3.05, 3.63) is 60.6 Å². The lowest BCUT2D eigenvalue weighted by molar-refractivity contribution is 0.0167. The number of halogens is 2. The average Bonchev–Trinajstić information content (AvgIpc) is 3.81. The van der Waals surface area contributed by atoms with E-state index in [-0.39, 0.29) is 24.8 Å². The number of benzene rings is 1. The molecular weight excluding hydrogens is 635 g/mol. The van der Waals surface area contributed by atoms with Gasteiger partial charge in [-0.25, -0.2) is 18.7 Å². The molecule has 10 nitrogen and oxygen atoms in total. The molecule has 48 heavy (non-hydrogen) atoms. The zero-order valence-corrected chi connectivity index (χ0v) is 28.8. The zero-order valence-electron chi connectivity index (χ0n) is 28.0. The molecule has 4 aromatic rings. The van der Waals surface area contributed by atoms with E-state index < -0.39 is 12.3 Å². The summed E-state index contributed by atoms with van der Waals surface area (Å²) >= 11 is 0. The highest BCUT2D eigenvalue weighted by atomic mass is 32.2. The molecule has 2 aliphatic rings. The van der Waals surface area contributed by atoms with Crippen LogP contribution in [-0.4, -0.2) is 103 Å². The number of nitrogens with zero attached hydrogens (tertiary/aromatic N) is 8. The van der Waals surface area contributed by atoms with E-state index in [0.29, 0.717) is 62.1 Å². The Labute approximate surface area is 284 Å². The van der Waals surface area contributed by atoms with Gasteiger partial charge in [-0.15, -0.1) is 0 Å². The van der Waals surface area contributed by atoms with Crippen molar-refractivity contribution in [2.75, 3.05) is 51.1 Å². The summed E-state index contributed by atoms with van der Waals surface area (Å²) in [7, 11) is 0.331. The summed E-state index contributed by atoms with van der Waals surface area (Å²) in [5.41, 5.74) is 3.19. The molecule has 4 atom stereocenters. The van der Waals surface area contributed by atoms with Gasteiger partial charge in [0.2, 0.25) is 0 Å². The summed E-state index contributed by atoms with van der Waals surface area (Å²) in [6.07, 6.45) is 12.6. The van der Waals surface area contributed by atoms with Crippen molar-refractivity contribution < 1.29 is 18.3 Å². The van der Waals surface area contributed by atoms with Crippen molar-refractivity contribution in [3.63, 3.8) is 0 Å². The summed E-state index contributed by atoms with van der Waals surface area (Å²) in [5, 5.41) is 15.1. The molecule has 3 aromatic heterocycles. The van der Waals surface area contributed by atoms with Crippen molar-refractivity contribution in [2.45, 2.75) is 70.2 Å². The van der Waals surface area contributed by atoms with Crippen LogP contribution in [0.4, 0.5) is 8.78 Å². The summed E-state index contributed by atoms with van der Waals surface area (Å²) in [6.45, 7) is 6.18. The lowest BCUT2D eigenvalue weighted by Gasteiger charge is -2.36. The van der Waals surface area contributed by atoms with Crippen molar-refractivity contribution >= 4 is 21.9 Å². The Bertz CT molecular complexity index is 1710. The van der Waals surface area contributed by atoms with Gasteiger partial charge in [-0.3, -0.25) is 14.5 Å². The first-order chi connectivity index (χ1) is 23.3. The van der Waals surface area contributed by atoms with Crippen LogP contribution < -0.4 is 4.74 Å². The molecule has 1 aromatic carbocycles. The molecule has 0 N–H and O–H groups in total. The fraction of sp³-hybridized carbons (Fsp3) is 0.543. The van der Waals surface area contributed by atoms with Crippen LogP contribution >= 0.6 is 0 Å². The van der Waals surface area contributed by atoms with E-state index in [1.165, 1.54) is 12.1 Å². The number of fused-ring (bicyclic) bond motifs is 1. The number of rotatable bonds is 14. The van der Waals surface area contributed by atoms with Crippen molar-refractivity contribution in [3.8, 4) is 23.1 Å². The monoisotopic (exact) mass is 679 g/mol. The molecule has 2 saturated heterocycles. The van der Waals surface area contributed by atoms with E-state index in [2.05, 4.69) is 45.5 Å². The van der Waals surface area contributed by atoms with Crippen molar-refractivity contribution in [1.82, 2.24) is 34.1 Å². The second kappa shape index (κ2) is 15.8. The standard InChI is InChI=1S/C35H45F2N8O2S/c1-25-5-4-10-43(25)19-26-15-28(36)17-30(16-26)47-33-8-11-42(22-32(33)37)21-29(6-9-38)45-20-27(18-41-45)34-31-7-12-44(35(31)40-23-39-34)24-46-13-14-48(2)3/h7,12,15-18,20,23,25,29,32-33H,4-6,8,10-11,13-14,19,21-22,24H2,1-3H3/q+1/t25-,29?,32?,33?/m1/s1. The van der Waals surface area contributed by atoms with Crippen LogP contribution in [0.5, 0.6) is 5.75 Å². The maximum Gasteiger partial charge on any atom is 0.149 e. The van der Waals surface area contributed by atoms with Crippen molar-refractivity contribution in [2.24, 2.45) is 0 Å². The topological polar surface area (TPSA) is 97.3 Å². The predicted octanol–water partition coefficient (Wildman–Crippen LogP) is 5.22. The van der Waals surface area contributed by atoms with E-state index in [0.717, 1.165) is 53.0 Å². The number of ether oxygens (including phenoxy) is 2. The van der Waals surface area contributed by atoms with E-state index in [1.807, 2.05) is 34.0 Å². The highest BCUT2D eigenvalue weighted by Crippen LogP contribution is 2.29. The Morgan fingerprint density at radius 2 is 2.04 bits per heavy atom. The molecule has 2 fully saturated rings. The van der Waals surface area contributed by atoms with Crippen LogP contribution in [0.2, 0.25) is 0 Å². The van der Waals surface area contributed by atoms with Crippen LogP contribution in [-0.2, 0) is 28.9 Å². The molecule has 0 bridgehead atoms. The molecule has 0 amide bonds. The smallest absolute Gasteiger partial charge is 0.149 e. The molecule has 0 radical (unpaired) electrons. The second-order valence-corrected chi connectivity index (χ2v) is 15.6. The van der Waals surface area contributed by atoms with Crippen LogP contribution in [0.25, 0.3) is 22.3 Å². The summed E-state index contributed by atoms with van der Waals surface area (Å²) in [4.78, 5) is 13.4. The lowest BCUT2D eigenvalue weighted by atomic mass is 10.0. The third-order valence-electron chi connectivity index (χ3n) is 9.33. The van der Waals surface area contributed by atoms with Crippen LogP contribution in [0.1, 0.15) is 44.2 Å². The van der Waals surface area contributed by atoms with Crippen LogP contribution in [0, 0.1) is 17.1 Å². The maximum absolute atomic E-state index is 15.5. The summed E-state index contributed by atoms with van der Waals surface area (Å²) in [6, 6.07) is 9.17. The van der Waals surface area contributed by atoms with Gasteiger partial charge in [-0.05, 0) is 67.4 Å². The molecule has 0 saturated carbocycles. The van der Waals surface area contributed by atoms with Gasteiger partial charge in [0.1, 0.15) is 48.3 Å². The molecule has 0 aliphatic carbocycles. The van der Waals surface area contributed by atoms with E-state index in [4.69, 9.17) is 9.47 Å². The number of nitriles is 1. The fourth-order valence-electron chi connectivity index (χ4n) is 6.69. The van der Waals surface area contributed by atoms with E-state index in [9.17, 15) is 9.65 Å². The van der Waals surface area contributed by atoms with Gasteiger partial charge in [0.05, 0.1) is 49.5 Å². The van der Waals surface area contributed by atoms with Gasteiger partial charge >= 0.3 is 0 Å². The molecule has 256 valence electrons. The number of aromatic nitrogens is 5. The van der Waals surface area contributed by atoms with Gasteiger partial charge in [0.15, 0.2) is 0 Å². The number of likely N-dealkylation sites (tertiary alicyclic amines) is 2. The summed E-state index contributed by atoms with van der Waals surface area (Å²) < 4.78 is 45.7. The molecule has 0 spiro atoms. The van der Waals surface area contributed by atoms with E-state index in [1.54, 1.807) is 17.2 Å². The lowest BCUT2D eigenvalue weighted by Crippen LogP contribution is -2.48. The third kappa shape index (κ3) is 8.34. The molecule has 2 aliphatic heterocycles. The number of piperidine rings is 1. The van der Waals surface area contributed by atoms with E-state index >= 15 is 4.39 Å². The Hall–Kier alpha value is -3.57. The Kier molecular flexibility index (Phi) is 11.3. The quantitative estimate of drug-likeness (QED) is 0.132. The van der Waals surface area contributed by atoms with Gasteiger partial charge in [0.25, 0.3) is 0 Å². The number of hydrogen-bond donors (Lipinski definition) is 0. The van der Waals surface area contributed by atoms with Crippen LogP contribution in [0.15, 0.2) is 49.2 Å². The normalized spacial score (nSPS) is 21.2. The summed E-state index contributed by atoms with van der Waals surface area (Å²) in [5.74, 6) is 1.03. The Morgan fingerprint density at radius 3 is 2.81 bits per heavy atom. The maximum atomic E-state index is 15.5. The van der Waals surface area contributed by atoms with Gasteiger partial charge < -0.3 is 14.0 Å². The number of alkyl halides is 1. The van der Waals surface area contributed by atoms with Crippen LogP contribution in [0.3, 0.4) is 0 Å². The van der Waals surface area contributed by atoms with Gasteiger partial charge in [-0.2, -0.15) is 10.4 Å². The first kappa shape index (κ1) is 34.3. The SMILES string of the molecule is C[C@@H]1CCCN1Cc1cc(F)cc(OC2CCN(CC(CC#N)n3cc(-c4ncnc5c4ccn5COCC[S+](C)C)cn3)CC2F)c1. The average molecular weight is 680 g/mol. The molecule has 5 heterocycles. The highest BCUT2D eigenvalue weighted by molar-refractivity contribution is 7.95. The largest absolute Gasteiger partial charge is 0.487 e. The second-order valence-electron chi connectivity index (χ2n) is 13.2. The molecular formula is C35H45F2N8O2S+.